The van der Waals surface area contributed by atoms with Gasteiger partial charge in [-0.15, -0.1) is 0 Å². The van der Waals surface area contributed by atoms with Crippen molar-refractivity contribution in [3.63, 3.8) is 0 Å². The number of benzene rings is 1. The summed E-state index contributed by atoms with van der Waals surface area (Å²) in [6.07, 6.45) is 2.68. The molecule has 0 unspecified atom stereocenters. The molecular formula is C13H18FNO. The quantitative estimate of drug-likeness (QED) is 0.849. The second kappa shape index (κ2) is 4.93. The van der Waals surface area contributed by atoms with Crippen LogP contribution in [0.3, 0.4) is 0 Å². The normalized spacial score (nSPS) is 25.2. The third kappa shape index (κ3) is 2.42. The van der Waals surface area contributed by atoms with Gasteiger partial charge in [0.05, 0.1) is 6.10 Å². The van der Waals surface area contributed by atoms with Crippen LogP contribution in [0, 0.1) is 5.82 Å². The van der Waals surface area contributed by atoms with E-state index in [4.69, 9.17) is 0 Å². The molecule has 3 heteroatoms. The molecule has 1 aromatic carbocycles. The number of hydrogen-bond acceptors (Lipinski definition) is 2. The Bertz CT molecular complexity index is 356. The van der Waals surface area contributed by atoms with Crippen LogP contribution in [0.1, 0.15) is 24.8 Å². The third-order valence-corrected chi connectivity index (χ3v) is 3.39. The summed E-state index contributed by atoms with van der Waals surface area (Å²) in [6, 6.07) is 7.00. The van der Waals surface area contributed by atoms with Gasteiger partial charge in [-0.2, -0.15) is 0 Å². The molecule has 1 aliphatic carbocycles. The average Bonchev–Trinajstić information content (AvgIpc) is 2.68. The summed E-state index contributed by atoms with van der Waals surface area (Å²) in [5.74, 6) is -0.165. The molecule has 0 spiro atoms. The van der Waals surface area contributed by atoms with Crippen LogP contribution in [0.2, 0.25) is 0 Å². The predicted octanol–water partition coefficient (Wildman–Crippen LogP) is 2.17. The highest BCUT2D eigenvalue weighted by Gasteiger charge is 2.28. The molecule has 1 saturated carbocycles. The van der Waals surface area contributed by atoms with E-state index in [0.29, 0.717) is 12.1 Å². The molecule has 1 aromatic rings. The Morgan fingerprint density at radius 2 is 2.12 bits per heavy atom. The first-order valence-electron chi connectivity index (χ1n) is 5.80. The molecule has 0 amide bonds. The van der Waals surface area contributed by atoms with Crippen molar-refractivity contribution < 1.29 is 9.50 Å². The highest BCUT2D eigenvalue weighted by molar-refractivity contribution is 5.17. The number of rotatable bonds is 3. The third-order valence-electron chi connectivity index (χ3n) is 3.39. The SMILES string of the molecule is CN(Cc1ccccc1F)[C@H]1CCC[C@@H]1O. The first kappa shape index (κ1) is 11.6. The van der Waals surface area contributed by atoms with Crippen molar-refractivity contribution in [2.24, 2.45) is 0 Å². The van der Waals surface area contributed by atoms with Crippen molar-refractivity contribution >= 4 is 0 Å². The minimum absolute atomic E-state index is 0.165. The van der Waals surface area contributed by atoms with Crippen LogP contribution in [0.4, 0.5) is 4.39 Å². The zero-order chi connectivity index (χ0) is 11.5. The number of aliphatic hydroxyl groups is 1. The van der Waals surface area contributed by atoms with Gasteiger partial charge in [-0.1, -0.05) is 18.2 Å². The van der Waals surface area contributed by atoms with Crippen molar-refractivity contribution in [3.8, 4) is 0 Å². The van der Waals surface area contributed by atoms with E-state index in [1.807, 2.05) is 13.1 Å². The second-order valence-electron chi connectivity index (χ2n) is 4.57. The molecule has 1 fully saturated rings. The lowest BCUT2D eigenvalue weighted by atomic mass is 10.1. The highest BCUT2D eigenvalue weighted by Crippen LogP contribution is 2.24. The van der Waals surface area contributed by atoms with Gasteiger partial charge in [-0.05, 0) is 32.4 Å². The Balaban J connectivity index is 2.02. The Labute approximate surface area is 95.7 Å². The van der Waals surface area contributed by atoms with Gasteiger partial charge < -0.3 is 5.11 Å². The largest absolute Gasteiger partial charge is 0.391 e. The molecule has 16 heavy (non-hydrogen) atoms. The van der Waals surface area contributed by atoms with Gasteiger partial charge in [0.1, 0.15) is 5.82 Å². The summed E-state index contributed by atoms with van der Waals surface area (Å²) in [7, 11) is 1.95. The lowest BCUT2D eigenvalue weighted by Crippen LogP contribution is -2.37. The molecule has 0 aliphatic heterocycles. The van der Waals surface area contributed by atoms with E-state index in [9.17, 15) is 9.50 Å². The Morgan fingerprint density at radius 1 is 1.38 bits per heavy atom. The maximum Gasteiger partial charge on any atom is 0.127 e. The summed E-state index contributed by atoms with van der Waals surface area (Å²) >= 11 is 0. The van der Waals surface area contributed by atoms with Crippen molar-refractivity contribution in [2.75, 3.05) is 7.05 Å². The van der Waals surface area contributed by atoms with Crippen molar-refractivity contribution in [1.29, 1.82) is 0 Å². The number of halogens is 1. The fourth-order valence-electron chi connectivity index (χ4n) is 2.45. The van der Waals surface area contributed by atoms with Gasteiger partial charge in [0.25, 0.3) is 0 Å². The van der Waals surface area contributed by atoms with E-state index in [-0.39, 0.29) is 18.0 Å². The van der Waals surface area contributed by atoms with E-state index in [0.717, 1.165) is 19.3 Å². The van der Waals surface area contributed by atoms with Gasteiger partial charge in [0, 0.05) is 18.2 Å². The zero-order valence-electron chi connectivity index (χ0n) is 9.56. The first-order chi connectivity index (χ1) is 7.68. The fraction of sp³-hybridized carbons (Fsp3) is 0.538. The number of hydrogen-bond donors (Lipinski definition) is 1. The molecule has 0 saturated heterocycles. The van der Waals surface area contributed by atoms with Gasteiger partial charge in [0.2, 0.25) is 0 Å². The Morgan fingerprint density at radius 3 is 2.75 bits per heavy atom. The van der Waals surface area contributed by atoms with Crippen LogP contribution >= 0.6 is 0 Å². The topological polar surface area (TPSA) is 23.5 Å². The number of aliphatic hydroxyl groups excluding tert-OH is 1. The first-order valence-corrected chi connectivity index (χ1v) is 5.80. The van der Waals surface area contributed by atoms with E-state index in [2.05, 4.69) is 4.90 Å². The summed E-state index contributed by atoms with van der Waals surface area (Å²) in [4.78, 5) is 2.05. The molecule has 2 rings (SSSR count). The van der Waals surface area contributed by atoms with E-state index >= 15 is 0 Å². The standard InChI is InChI=1S/C13H18FNO/c1-15(12-7-4-8-13(12)16)9-10-5-2-3-6-11(10)14/h2-3,5-6,12-13,16H,4,7-9H2,1H3/t12-,13-/m0/s1. The monoisotopic (exact) mass is 223 g/mol. The van der Waals surface area contributed by atoms with E-state index in [1.165, 1.54) is 6.07 Å². The van der Waals surface area contributed by atoms with Crippen LogP contribution in [0.5, 0.6) is 0 Å². The van der Waals surface area contributed by atoms with Crippen molar-refractivity contribution in [2.45, 2.75) is 38.0 Å². The van der Waals surface area contributed by atoms with E-state index < -0.39 is 0 Å². The van der Waals surface area contributed by atoms with Crippen LogP contribution in [-0.4, -0.2) is 29.2 Å². The van der Waals surface area contributed by atoms with Gasteiger partial charge in [0.15, 0.2) is 0 Å². The minimum Gasteiger partial charge on any atom is -0.391 e. The molecule has 1 N–H and O–H groups in total. The molecule has 2 nitrogen and oxygen atoms in total. The van der Waals surface area contributed by atoms with Crippen LogP contribution in [0.15, 0.2) is 24.3 Å². The Hall–Kier alpha value is -0.930. The maximum atomic E-state index is 13.4. The van der Waals surface area contributed by atoms with Gasteiger partial charge >= 0.3 is 0 Å². The smallest absolute Gasteiger partial charge is 0.127 e. The molecule has 0 bridgehead atoms. The molecule has 1 aliphatic rings. The van der Waals surface area contributed by atoms with Crippen LogP contribution in [-0.2, 0) is 6.54 Å². The Kier molecular flexibility index (Phi) is 3.56. The summed E-state index contributed by atoms with van der Waals surface area (Å²) in [6.45, 7) is 0.564. The molecular weight excluding hydrogens is 205 g/mol. The molecule has 0 aromatic heterocycles. The fourth-order valence-corrected chi connectivity index (χ4v) is 2.45. The van der Waals surface area contributed by atoms with Crippen LogP contribution < -0.4 is 0 Å². The predicted molar refractivity (Wildman–Crippen MR) is 61.5 cm³/mol. The maximum absolute atomic E-state index is 13.4. The summed E-state index contributed by atoms with van der Waals surface area (Å²) < 4.78 is 13.4. The highest BCUT2D eigenvalue weighted by atomic mass is 19.1. The van der Waals surface area contributed by atoms with Crippen LogP contribution in [0.25, 0.3) is 0 Å². The number of nitrogens with zero attached hydrogens (tertiary/aromatic N) is 1. The zero-order valence-corrected chi connectivity index (χ0v) is 9.56. The number of likely N-dealkylation sites (N-methyl/N-ethyl adjacent to an activating group) is 1. The lowest BCUT2D eigenvalue weighted by molar-refractivity contribution is 0.0819. The second-order valence-corrected chi connectivity index (χ2v) is 4.57. The molecule has 88 valence electrons. The summed E-state index contributed by atoms with van der Waals surface area (Å²) in [5.41, 5.74) is 0.698. The van der Waals surface area contributed by atoms with Gasteiger partial charge in [-0.3, -0.25) is 4.90 Å². The van der Waals surface area contributed by atoms with E-state index in [1.54, 1.807) is 12.1 Å². The summed E-state index contributed by atoms with van der Waals surface area (Å²) in [5, 5.41) is 9.77. The van der Waals surface area contributed by atoms with Crippen molar-refractivity contribution in [3.05, 3.63) is 35.6 Å². The lowest BCUT2D eigenvalue weighted by Gasteiger charge is -2.27. The average molecular weight is 223 g/mol. The van der Waals surface area contributed by atoms with Crippen molar-refractivity contribution in [1.82, 2.24) is 4.90 Å². The molecule has 0 heterocycles. The minimum atomic E-state index is -0.253. The van der Waals surface area contributed by atoms with Gasteiger partial charge in [-0.25, -0.2) is 4.39 Å². The molecule has 2 atom stereocenters. The molecule has 0 radical (unpaired) electrons.